The van der Waals surface area contributed by atoms with Crippen LogP contribution in [0.25, 0.3) is 0 Å². The van der Waals surface area contributed by atoms with E-state index in [4.69, 9.17) is 0 Å². The molecule has 2 atom stereocenters. The van der Waals surface area contributed by atoms with Gasteiger partial charge in [0, 0.05) is 19.0 Å². The third-order valence-corrected chi connectivity index (χ3v) is 3.60. The van der Waals surface area contributed by atoms with E-state index >= 15 is 0 Å². The summed E-state index contributed by atoms with van der Waals surface area (Å²) in [4.78, 5) is 14.0. The quantitative estimate of drug-likeness (QED) is 0.762. The van der Waals surface area contributed by atoms with Crippen LogP contribution in [0.3, 0.4) is 0 Å². The molecule has 0 saturated carbocycles. The zero-order valence-corrected chi connectivity index (χ0v) is 10.0. The molecule has 1 aliphatic rings. The van der Waals surface area contributed by atoms with Crippen LogP contribution in [0.2, 0.25) is 0 Å². The Labute approximate surface area is 97.3 Å². The molecule has 0 aliphatic carbocycles. The van der Waals surface area contributed by atoms with Gasteiger partial charge in [-0.2, -0.15) is 0 Å². The minimum Gasteiger partial charge on any atom is -0.338 e. The molecule has 2 nitrogen and oxygen atoms in total. The summed E-state index contributed by atoms with van der Waals surface area (Å²) in [7, 11) is 0. The molecule has 1 heterocycles. The molecule has 1 aliphatic heterocycles. The highest BCUT2D eigenvalue weighted by Crippen LogP contribution is 2.27. The molecule has 0 N–H and O–H groups in total. The van der Waals surface area contributed by atoms with E-state index in [9.17, 15) is 4.79 Å². The fourth-order valence-corrected chi connectivity index (χ4v) is 2.45. The maximum atomic E-state index is 12.0. The smallest absolute Gasteiger partial charge is 0.226 e. The van der Waals surface area contributed by atoms with Crippen molar-refractivity contribution in [1.82, 2.24) is 4.90 Å². The van der Waals surface area contributed by atoms with Crippen molar-refractivity contribution >= 4 is 5.91 Å². The molecular weight excluding hydrogens is 198 g/mol. The van der Waals surface area contributed by atoms with Gasteiger partial charge in [0.1, 0.15) is 0 Å². The second kappa shape index (κ2) is 4.69. The van der Waals surface area contributed by atoms with Crippen molar-refractivity contribution in [2.24, 2.45) is 11.8 Å². The molecule has 1 aromatic rings. The average Bonchev–Trinajstić information content (AvgIpc) is 2.58. The molecular formula is C14H19NO. The standard InChI is InChI=1S/C14H19NO/c1-3-13-10-15(14(16)11(13)2)9-12-7-5-4-6-8-12/h4-8,11,13H,3,9-10H2,1-2H3/t11-,13+/m0/s1. The molecule has 0 radical (unpaired) electrons. The maximum Gasteiger partial charge on any atom is 0.226 e. The molecule has 1 fully saturated rings. The van der Waals surface area contributed by atoms with Gasteiger partial charge >= 0.3 is 0 Å². The summed E-state index contributed by atoms with van der Waals surface area (Å²) in [5, 5.41) is 0. The Morgan fingerprint density at radius 2 is 2.00 bits per heavy atom. The average molecular weight is 217 g/mol. The number of hydrogen-bond donors (Lipinski definition) is 0. The molecule has 1 saturated heterocycles. The van der Waals surface area contributed by atoms with E-state index in [2.05, 4.69) is 26.0 Å². The van der Waals surface area contributed by atoms with Crippen molar-refractivity contribution < 1.29 is 4.79 Å². The largest absolute Gasteiger partial charge is 0.338 e. The van der Waals surface area contributed by atoms with Crippen LogP contribution in [-0.4, -0.2) is 17.4 Å². The predicted octanol–water partition coefficient (Wildman–Crippen LogP) is 2.69. The Hall–Kier alpha value is -1.31. The fraction of sp³-hybridized carbons (Fsp3) is 0.500. The highest BCUT2D eigenvalue weighted by molar-refractivity contribution is 5.81. The number of nitrogens with zero attached hydrogens (tertiary/aromatic N) is 1. The molecule has 1 aromatic carbocycles. The lowest BCUT2D eigenvalue weighted by atomic mass is 9.95. The van der Waals surface area contributed by atoms with Crippen molar-refractivity contribution in [2.45, 2.75) is 26.8 Å². The van der Waals surface area contributed by atoms with Crippen molar-refractivity contribution in [3.63, 3.8) is 0 Å². The van der Waals surface area contributed by atoms with Crippen LogP contribution in [0.4, 0.5) is 0 Å². The lowest BCUT2D eigenvalue weighted by Crippen LogP contribution is -2.26. The van der Waals surface area contributed by atoms with Crippen molar-refractivity contribution in [3.8, 4) is 0 Å². The second-order valence-electron chi connectivity index (χ2n) is 4.66. The highest BCUT2D eigenvalue weighted by Gasteiger charge is 2.35. The summed E-state index contributed by atoms with van der Waals surface area (Å²) in [5.41, 5.74) is 1.22. The molecule has 0 spiro atoms. The first kappa shape index (κ1) is 11.2. The van der Waals surface area contributed by atoms with Crippen LogP contribution < -0.4 is 0 Å². The van der Waals surface area contributed by atoms with Gasteiger partial charge in [0.15, 0.2) is 0 Å². The van der Waals surface area contributed by atoms with Crippen LogP contribution in [0, 0.1) is 11.8 Å². The third kappa shape index (κ3) is 2.11. The maximum absolute atomic E-state index is 12.0. The Bertz CT molecular complexity index is 360. The third-order valence-electron chi connectivity index (χ3n) is 3.60. The van der Waals surface area contributed by atoms with Gasteiger partial charge in [-0.15, -0.1) is 0 Å². The normalized spacial score (nSPS) is 25.1. The van der Waals surface area contributed by atoms with Crippen LogP contribution in [-0.2, 0) is 11.3 Å². The van der Waals surface area contributed by atoms with Gasteiger partial charge < -0.3 is 4.90 Å². The van der Waals surface area contributed by atoms with Gasteiger partial charge in [0.2, 0.25) is 5.91 Å². The van der Waals surface area contributed by atoms with Crippen LogP contribution in [0.5, 0.6) is 0 Å². The number of carbonyl (C=O) groups excluding carboxylic acids is 1. The molecule has 0 aromatic heterocycles. The van der Waals surface area contributed by atoms with E-state index in [0.717, 1.165) is 19.5 Å². The van der Waals surface area contributed by atoms with Crippen LogP contribution in [0.15, 0.2) is 30.3 Å². The summed E-state index contributed by atoms with van der Waals surface area (Å²) in [6.45, 7) is 5.91. The van der Waals surface area contributed by atoms with Crippen LogP contribution in [0.1, 0.15) is 25.8 Å². The molecule has 16 heavy (non-hydrogen) atoms. The Balaban J connectivity index is 2.04. The molecule has 2 heteroatoms. The van der Waals surface area contributed by atoms with E-state index in [1.165, 1.54) is 5.56 Å². The van der Waals surface area contributed by atoms with E-state index < -0.39 is 0 Å². The highest BCUT2D eigenvalue weighted by atomic mass is 16.2. The van der Waals surface area contributed by atoms with E-state index in [-0.39, 0.29) is 5.92 Å². The number of carbonyl (C=O) groups is 1. The topological polar surface area (TPSA) is 20.3 Å². The molecule has 0 bridgehead atoms. The molecule has 1 amide bonds. The zero-order valence-electron chi connectivity index (χ0n) is 10.0. The number of amides is 1. The monoisotopic (exact) mass is 217 g/mol. The predicted molar refractivity (Wildman–Crippen MR) is 64.8 cm³/mol. The number of benzene rings is 1. The van der Waals surface area contributed by atoms with E-state index in [1.54, 1.807) is 0 Å². The fourth-order valence-electron chi connectivity index (χ4n) is 2.45. The van der Waals surface area contributed by atoms with Gasteiger partial charge in [-0.1, -0.05) is 50.6 Å². The Kier molecular flexibility index (Phi) is 3.28. The van der Waals surface area contributed by atoms with Gasteiger partial charge in [0.05, 0.1) is 0 Å². The number of rotatable bonds is 3. The summed E-state index contributed by atoms with van der Waals surface area (Å²) in [6.07, 6.45) is 1.10. The first-order valence-corrected chi connectivity index (χ1v) is 6.05. The van der Waals surface area contributed by atoms with Gasteiger partial charge in [-0.05, 0) is 11.5 Å². The number of hydrogen-bond acceptors (Lipinski definition) is 1. The number of likely N-dealkylation sites (tertiary alicyclic amines) is 1. The van der Waals surface area contributed by atoms with E-state index in [1.807, 2.05) is 23.1 Å². The van der Waals surface area contributed by atoms with Crippen molar-refractivity contribution in [2.75, 3.05) is 6.54 Å². The SMILES string of the molecule is CC[C@@H]1CN(Cc2ccccc2)C(=O)[C@H]1C. The first-order chi connectivity index (χ1) is 7.72. The summed E-state index contributed by atoms with van der Waals surface area (Å²) in [6, 6.07) is 10.2. The minimum absolute atomic E-state index is 0.203. The molecule has 2 rings (SSSR count). The second-order valence-corrected chi connectivity index (χ2v) is 4.66. The van der Waals surface area contributed by atoms with Gasteiger partial charge in [-0.3, -0.25) is 4.79 Å². The summed E-state index contributed by atoms with van der Waals surface area (Å²) in [5.74, 6) is 1.06. The Morgan fingerprint density at radius 3 is 2.56 bits per heavy atom. The summed E-state index contributed by atoms with van der Waals surface area (Å²) < 4.78 is 0. The summed E-state index contributed by atoms with van der Waals surface area (Å²) >= 11 is 0. The first-order valence-electron chi connectivity index (χ1n) is 6.05. The van der Waals surface area contributed by atoms with Crippen molar-refractivity contribution in [1.29, 1.82) is 0 Å². The van der Waals surface area contributed by atoms with Crippen molar-refractivity contribution in [3.05, 3.63) is 35.9 Å². The van der Waals surface area contributed by atoms with Gasteiger partial charge in [0.25, 0.3) is 0 Å². The lowest BCUT2D eigenvalue weighted by Gasteiger charge is -2.16. The van der Waals surface area contributed by atoms with Gasteiger partial charge in [-0.25, -0.2) is 0 Å². The van der Waals surface area contributed by atoms with E-state index in [0.29, 0.717) is 11.8 Å². The minimum atomic E-state index is 0.203. The van der Waals surface area contributed by atoms with Crippen LogP contribution >= 0.6 is 0 Å². The lowest BCUT2D eigenvalue weighted by molar-refractivity contribution is -0.131. The zero-order chi connectivity index (χ0) is 11.5. The Morgan fingerprint density at radius 1 is 1.31 bits per heavy atom. The molecule has 86 valence electrons. The molecule has 0 unspecified atom stereocenters.